The highest BCUT2D eigenvalue weighted by Gasteiger charge is 2.42. The summed E-state index contributed by atoms with van der Waals surface area (Å²) in [6.07, 6.45) is 8.37. The van der Waals surface area contributed by atoms with E-state index < -0.39 is 0 Å². The summed E-state index contributed by atoms with van der Waals surface area (Å²) in [5, 5.41) is 0. The molecular formula is C17H25N. The third-order valence-corrected chi connectivity index (χ3v) is 5.21. The fraction of sp³-hybridized carbons (Fsp3) is 0.647. The molecule has 1 nitrogen and oxygen atoms in total. The molecule has 1 saturated heterocycles. The van der Waals surface area contributed by atoms with Crippen LogP contribution in [0.25, 0.3) is 0 Å². The lowest BCUT2D eigenvalue weighted by molar-refractivity contribution is 0.0676. The molecule has 0 bridgehead atoms. The van der Waals surface area contributed by atoms with Crippen molar-refractivity contribution >= 4 is 0 Å². The summed E-state index contributed by atoms with van der Waals surface area (Å²) < 4.78 is 0. The van der Waals surface area contributed by atoms with E-state index in [-0.39, 0.29) is 0 Å². The average Bonchev–Trinajstić information content (AvgIpc) is 2.95. The summed E-state index contributed by atoms with van der Waals surface area (Å²) in [6.45, 7) is 5.16. The summed E-state index contributed by atoms with van der Waals surface area (Å²) in [4.78, 5) is 2.78. The van der Waals surface area contributed by atoms with Gasteiger partial charge in [-0.05, 0) is 51.3 Å². The van der Waals surface area contributed by atoms with E-state index in [4.69, 9.17) is 0 Å². The van der Waals surface area contributed by atoms with Crippen LogP contribution in [0.3, 0.4) is 0 Å². The minimum absolute atomic E-state index is 0.413. The first-order valence-electron chi connectivity index (χ1n) is 7.61. The van der Waals surface area contributed by atoms with Gasteiger partial charge < -0.3 is 0 Å². The maximum Gasteiger partial charge on any atom is 0.0249 e. The van der Waals surface area contributed by atoms with Crippen molar-refractivity contribution in [3.05, 3.63) is 35.9 Å². The second-order valence-corrected chi connectivity index (χ2v) is 6.26. The summed E-state index contributed by atoms with van der Waals surface area (Å²) in [5.41, 5.74) is 1.97. The van der Waals surface area contributed by atoms with Crippen molar-refractivity contribution in [1.29, 1.82) is 0 Å². The maximum absolute atomic E-state index is 2.78. The zero-order chi connectivity index (χ0) is 12.4. The molecule has 0 radical (unpaired) electrons. The average molecular weight is 243 g/mol. The lowest BCUT2D eigenvalue weighted by Gasteiger charge is -2.48. The quantitative estimate of drug-likeness (QED) is 0.752. The van der Waals surface area contributed by atoms with Crippen LogP contribution in [0.5, 0.6) is 0 Å². The Kier molecular flexibility index (Phi) is 3.43. The molecule has 1 heteroatoms. The number of likely N-dealkylation sites (tertiary alicyclic amines) is 1. The fourth-order valence-electron chi connectivity index (χ4n) is 4.13. The third-order valence-electron chi connectivity index (χ3n) is 5.21. The van der Waals surface area contributed by atoms with E-state index in [1.54, 1.807) is 5.56 Å². The SMILES string of the molecule is CC1(N2CCCC2)CCCCC1c1ccccc1. The highest BCUT2D eigenvalue weighted by molar-refractivity contribution is 5.25. The van der Waals surface area contributed by atoms with Gasteiger partial charge in [0.05, 0.1) is 0 Å². The van der Waals surface area contributed by atoms with E-state index in [0.717, 1.165) is 5.92 Å². The molecule has 1 aromatic rings. The first-order chi connectivity index (χ1) is 8.81. The molecule has 1 heterocycles. The summed E-state index contributed by atoms with van der Waals surface area (Å²) in [5.74, 6) is 0.741. The van der Waals surface area contributed by atoms with Crippen LogP contribution < -0.4 is 0 Å². The van der Waals surface area contributed by atoms with Crippen molar-refractivity contribution in [3.63, 3.8) is 0 Å². The van der Waals surface area contributed by atoms with E-state index in [0.29, 0.717) is 5.54 Å². The summed E-state index contributed by atoms with van der Waals surface area (Å²) in [7, 11) is 0. The minimum atomic E-state index is 0.413. The van der Waals surface area contributed by atoms with Crippen molar-refractivity contribution in [2.45, 2.75) is 56.9 Å². The molecular weight excluding hydrogens is 218 g/mol. The van der Waals surface area contributed by atoms with Gasteiger partial charge in [0.2, 0.25) is 0 Å². The monoisotopic (exact) mass is 243 g/mol. The van der Waals surface area contributed by atoms with Gasteiger partial charge in [0.1, 0.15) is 0 Å². The molecule has 98 valence electrons. The molecule has 2 atom stereocenters. The number of hydrogen-bond donors (Lipinski definition) is 0. The second kappa shape index (κ2) is 5.05. The zero-order valence-corrected chi connectivity index (χ0v) is 11.6. The van der Waals surface area contributed by atoms with Gasteiger partial charge >= 0.3 is 0 Å². The van der Waals surface area contributed by atoms with Gasteiger partial charge in [0, 0.05) is 11.5 Å². The minimum Gasteiger partial charge on any atom is -0.297 e. The molecule has 1 saturated carbocycles. The van der Waals surface area contributed by atoms with Crippen molar-refractivity contribution in [1.82, 2.24) is 4.90 Å². The lowest BCUT2D eigenvalue weighted by Crippen LogP contribution is -2.50. The molecule has 0 amide bonds. The van der Waals surface area contributed by atoms with E-state index in [2.05, 4.69) is 42.2 Å². The highest BCUT2D eigenvalue weighted by Crippen LogP contribution is 2.45. The molecule has 2 aliphatic rings. The standard InChI is InChI=1S/C17H25N/c1-17(18-13-7-8-14-18)12-6-5-11-16(17)15-9-3-2-4-10-15/h2-4,9-10,16H,5-8,11-14H2,1H3. The molecule has 18 heavy (non-hydrogen) atoms. The number of nitrogens with zero attached hydrogens (tertiary/aromatic N) is 1. The number of benzene rings is 1. The Morgan fingerprint density at radius 3 is 2.44 bits per heavy atom. The van der Waals surface area contributed by atoms with Gasteiger partial charge in [-0.15, -0.1) is 0 Å². The first-order valence-corrected chi connectivity index (χ1v) is 7.61. The van der Waals surface area contributed by atoms with Gasteiger partial charge in [0.25, 0.3) is 0 Å². The molecule has 1 aliphatic carbocycles. The largest absolute Gasteiger partial charge is 0.297 e. The highest BCUT2D eigenvalue weighted by atomic mass is 15.2. The van der Waals surface area contributed by atoms with Gasteiger partial charge in [0.15, 0.2) is 0 Å². The van der Waals surface area contributed by atoms with Crippen LogP contribution in [0.2, 0.25) is 0 Å². The Bertz CT molecular complexity index is 380. The Morgan fingerprint density at radius 2 is 1.72 bits per heavy atom. The third kappa shape index (κ3) is 2.09. The zero-order valence-electron chi connectivity index (χ0n) is 11.6. The van der Waals surface area contributed by atoms with E-state index >= 15 is 0 Å². The molecule has 0 spiro atoms. The molecule has 2 fully saturated rings. The van der Waals surface area contributed by atoms with Crippen LogP contribution in [0.15, 0.2) is 30.3 Å². The van der Waals surface area contributed by atoms with Gasteiger partial charge in [-0.3, -0.25) is 4.90 Å². The Balaban J connectivity index is 1.89. The van der Waals surface area contributed by atoms with Crippen LogP contribution >= 0.6 is 0 Å². The van der Waals surface area contributed by atoms with Crippen LogP contribution in [0, 0.1) is 0 Å². The number of hydrogen-bond acceptors (Lipinski definition) is 1. The van der Waals surface area contributed by atoms with Crippen molar-refractivity contribution < 1.29 is 0 Å². The van der Waals surface area contributed by atoms with Gasteiger partial charge in [-0.1, -0.05) is 43.2 Å². The van der Waals surface area contributed by atoms with E-state index in [9.17, 15) is 0 Å². The Labute approximate surface area is 111 Å². The van der Waals surface area contributed by atoms with Crippen molar-refractivity contribution in [2.24, 2.45) is 0 Å². The Morgan fingerprint density at radius 1 is 1.00 bits per heavy atom. The fourth-order valence-corrected chi connectivity index (χ4v) is 4.13. The summed E-state index contributed by atoms with van der Waals surface area (Å²) >= 11 is 0. The van der Waals surface area contributed by atoms with E-state index in [1.165, 1.54) is 51.6 Å². The predicted octanol–water partition coefficient (Wildman–Crippen LogP) is 4.20. The predicted molar refractivity (Wildman–Crippen MR) is 76.9 cm³/mol. The van der Waals surface area contributed by atoms with Crippen molar-refractivity contribution in [2.75, 3.05) is 13.1 Å². The lowest BCUT2D eigenvalue weighted by atomic mass is 9.70. The summed E-state index contributed by atoms with van der Waals surface area (Å²) in [6, 6.07) is 11.2. The van der Waals surface area contributed by atoms with Gasteiger partial charge in [-0.2, -0.15) is 0 Å². The maximum atomic E-state index is 2.78. The van der Waals surface area contributed by atoms with Crippen LogP contribution in [0.4, 0.5) is 0 Å². The van der Waals surface area contributed by atoms with Crippen LogP contribution in [-0.2, 0) is 0 Å². The molecule has 1 aliphatic heterocycles. The topological polar surface area (TPSA) is 3.24 Å². The van der Waals surface area contributed by atoms with Crippen LogP contribution in [0.1, 0.15) is 56.9 Å². The molecule has 0 aromatic heterocycles. The normalized spacial score (nSPS) is 33.7. The van der Waals surface area contributed by atoms with Crippen molar-refractivity contribution in [3.8, 4) is 0 Å². The van der Waals surface area contributed by atoms with Crippen LogP contribution in [-0.4, -0.2) is 23.5 Å². The Hall–Kier alpha value is -0.820. The first kappa shape index (κ1) is 12.2. The number of rotatable bonds is 2. The van der Waals surface area contributed by atoms with E-state index in [1.807, 2.05) is 0 Å². The molecule has 2 unspecified atom stereocenters. The second-order valence-electron chi connectivity index (χ2n) is 6.26. The van der Waals surface area contributed by atoms with Gasteiger partial charge in [-0.25, -0.2) is 0 Å². The molecule has 1 aromatic carbocycles. The molecule has 0 N–H and O–H groups in total. The smallest absolute Gasteiger partial charge is 0.0249 e. The molecule has 3 rings (SSSR count).